The summed E-state index contributed by atoms with van der Waals surface area (Å²) in [6, 6.07) is 8.61. The van der Waals surface area contributed by atoms with Crippen LogP contribution >= 0.6 is 11.3 Å². The third-order valence-corrected chi connectivity index (χ3v) is 5.73. The van der Waals surface area contributed by atoms with Gasteiger partial charge >= 0.3 is 0 Å². The Hall–Kier alpha value is -2.51. The summed E-state index contributed by atoms with van der Waals surface area (Å²) in [5.41, 5.74) is 1.66. The third kappa shape index (κ3) is 3.15. The molecule has 0 atom stereocenters. The fourth-order valence-corrected chi connectivity index (χ4v) is 4.23. The normalized spacial score (nSPS) is 14.6. The summed E-state index contributed by atoms with van der Waals surface area (Å²) in [6.07, 6.45) is 1.75. The van der Waals surface area contributed by atoms with E-state index in [2.05, 4.69) is 15.2 Å². The van der Waals surface area contributed by atoms with Crippen molar-refractivity contribution in [2.24, 2.45) is 0 Å². The predicted molar refractivity (Wildman–Crippen MR) is 102 cm³/mol. The zero-order valence-electron chi connectivity index (χ0n) is 14.3. The quantitative estimate of drug-likeness (QED) is 0.760. The van der Waals surface area contributed by atoms with E-state index >= 15 is 0 Å². The first-order valence-corrected chi connectivity index (χ1v) is 9.23. The second kappa shape index (κ2) is 7.01. The van der Waals surface area contributed by atoms with Crippen LogP contribution in [0.5, 0.6) is 0 Å². The summed E-state index contributed by atoms with van der Waals surface area (Å²) in [5, 5.41) is 3.32. The maximum absolute atomic E-state index is 14.0. The van der Waals surface area contributed by atoms with Crippen LogP contribution in [0.4, 0.5) is 15.9 Å². The van der Waals surface area contributed by atoms with Gasteiger partial charge in [0.15, 0.2) is 0 Å². The molecule has 1 aliphatic rings. The fourth-order valence-electron chi connectivity index (χ4n) is 3.11. The number of morpholine rings is 1. The molecule has 1 fully saturated rings. The molecule has 26 heavy (non-hydrogen) atoms. The van der Waals surface area contributed by atoms with Crippen LogP contribution in [0, 0.1) is 12.7 Å². The number of carbonyl (C=O) groups excluding carboxylic acids is 1. The van der Waals surface area contributed by atoms with Gasteiger partial charge in [-0.05, 0) is 36.8 Å². The van der Waals surface area contributed by atoms with Crippen molar-refractivity contribution >= 4 is 38.8 Å². The molecule has 0 saturated carbocycles. The van der Waals surface area contributed by atoms with Crippen LogP contribution in [-0.2, 0) is 4.74 Å². The Balaban J connectivity index is 1.53. The van der Waals surface area contributed by atoms with Crippen molar-refractivity contribution in [2.45, 2.75) is 6.92 Å². The lowest BCUT2D eigenvalue weighted by molar-refractivity contribution is 0.102. The predicted octanol–water partition coefficient (Wildman–Crippen LogP) is 3.83. The molecule has 1 aliphatic heterocycles. The van der Waals surface area contributed by atoms with Crippen molar-refractivity contribution in [3.05, 3.63) is 52.8 Å². The molecule has 1 N–H and O–H groups in total. The second-order valence-electron chi connectivity index (χ2n) is 6.12. The number of amides is 1. The number of halogens is 1. The van der Waals surface area contributed by atoms with E-state index < -0.39 is 0 Å². The van der Waals surface area contributed by atoms with Crippen molar-refractivity contribution in [1.29, 1.82) is 0 Å². The molecule has 0 unspecified atom stereocenters. The highest BCUT2D eigenvalue weighted by molar-refractivity contribution is 7.21. The van der Waals surface area contributed by atoms with E-state index in [4.69, 9.17) is 4.74 Å². The molecule has 0 bridgehead atoms. The van der Waals surface area contributed by atoms with E-state index in [1.807, 2.05) is 12.1 Å². The summed E-state index contributed by atoms with van der Waals surface area (Å²) in [7, 11) is 0. The van der Waals surface area contributed by atoms with E-state index in [0.29, 0.717) is 34.9 Å². The second-order valence-corrected chi connectivity index (χ2v) is 7.18. The van der Waals surface area contributed by atoms with Gasteiger partial charge < -0.3 is 15.0 Å². The average molecular weight is 371 g/mol. The topological polar surface area (TPSA) is 54.5 Å². The van der Waals surface area contributed by atoms with Gasteiger partial charge in [0.1, 0.15) is 11.6 Å². The number of benzene rings is 1. The maximum atomic E-state index is 14.0. The molecule has 5 nitrogen and oxygen atoms in total. The summed E-state index contributed by atoms with van der Waals surface area (Å²) in [6.45, 7) is 4.85. The molecular formula is C19H18FN3O2S. The Bertz CT molecular complexity index is 949. The van der Waals surface area contributed by atoms with Gasteiger partial charge in [0.25, 0.3) is 5.91 Å². The average Bonchev–Trinajstić information content (AvgIpc) is 3.01. The van der Waals surface area contributed by atoms with Gasteiger partial charge in [-0.25, -0.2) is 9.37 Å². The minimum absolute atomic E-state index is 0.269. The van der Waals surface area contributed by atoms with Gasteiger partial charge in [-0.2, -0.15) is 0 Å². The highest BCUT2D eigenvalue weighted by Gasteiger charge is 2.18. The largest absolute Gasteiger partial charge is 0.378 e. The van der Waals surface area contributed by atoms with Crippen molar-refractivity contribution < 1.29 is 13.9 Å². The molecule has 1 amide bonds. The molecule has 4 rings (SSSR count). The summed E-state index contributed by atoms with van der Waals surface area (Å²) in [4.78, 5) is 19.6. The SMILES string of the molecule is Cc1c(C(=O)Nc2ccc(N3CCOCC3)cn2)sc2cccc(F)c12. The minimum Gasteiger partial charge on any atom is -0.378 e. The Morgan fingerprint density at radius 3 is 2.77 bits per heavy atom. The molecule has 0 radical (unpaired) electrons. The van der Waals surface area contributed by atoms with E-state index in [0.717, 1.165) is 23.5 Å². The van der Waals surface area contributed by atoms with Crippen LogP contribution in [0.25, 0.3) is 10.1 Å². The molecule has 1 aromatic carbocycles. The van der Waals surface area contributed by atoms with Crippen molar-refractivity contribution in [3.63, 3.8) is 0 Å². The lowest BCUT2D eigenvalue weighted by Crippen LogP contribution is -2.36. The lowest BCUT2D eigenvalue weighted by atomic mass is 10.1. The number of anilines is 2. The highest BCUT2D eigenvalue weighted by atomic mass is 32.1. The number of nitrogens with one attached hydrogen (secondary N) is 1. The van der Waals surface area contributed by atoms with Gasteiger partial charge in [0.05, 0.1) is 30.0 Å². The van der Waals surface area contributed by atoms with Gasteiger partial charge in [0, 0.05) is 23.2 Å². The minimum atomic E-state index is -0.303. The summed E-state index contributed by atoms with van der Waals surface area (Å²) in [5.74, 6) is -0.0950. The first-order chi connectivity index (χ1) is 12.6. The maximum Gasteiger partial charge on any atom is 0.267 e. The van der Waals surface area contributed by atoms with Gasteiger partial charge in [-0.1, -0.05) is 6.07 Å². The Labute approximate surface area is 154 Å². The number of ether oxygens (including phenoxy) is 1. The van der Waals surface area contributed by atoms with Crippen LogP contribution in [0.1, 0.15) is 15.2 Å². The van der Waals surface area contributed by atoms with E-state index in [9.17, 15) is 9.18 Å². The first-order valence-electron chi connectivity index (χ1n) is 8.41. The Kier molecular flexibility index (Phi) is 4.57. The van der Waals surface area contributed by atoms with Crippen LogP contribution in [-0.4, -0.2) is 37.2 Å². The monoisotopic (exact) mass is 371 g/mol. The number of hydrogen-bond donors (Lipinski definition) is 1. The van der Waals surface area contributed by atoms with Gasteiger partial charge in [-0.3, -0.25) is 4.79 Å². The van der Waals surface area contributed by atoms with Crippen molar-refractivity contribution in [2.75, 3.05) is 36.5 Å². The number of carbonyl (C=O) groups is 1. The fraction of sp³-hybridized carbons (Fsp3) is 0.263. The first kappa shape index (κ1) is 16.9. The van der Waals surface area contributed by atoms with E-state index in [-0.39, 0.29) is 11.7 Å². The zero-order valence-corrected chi connectivity index (χ0v) is 15.1. The molecule has 0 spiro atoms. The summed E-state index contributed by atoms with van der Waals surface area (Å²) >= 11 is 1.29. The van der Waals surface area contributed by atoms with Crippen LogP contribution in [0.15, 0.2) is 36.5 Å². The lowest BCUT2D eigenvalue weighted by Gasteiger charge is -2.28. The number of aromatic nitrogens is 1. The molecule has 3 heterocycles. The number of thiophene rings is 1. The van der Waals surface area contributed by atoms with Crippen molar-refractivity contribution in [1.82, 2.24) is 4.98 Å². The molecule has 0 aliphatic carbocycles. The van der Waals surface area contributed by atoms with Crippen LogP contribution < -0.4 is 10.2 Å². The smallest absolute Gasteiger partial charge is 0.267 e. The number of hydrogen-bond acceptors (Lipinski definition) is 5. The molecule has 7 heteroatoms. The zero-order chi connectivity index (χ0) is 18.1. The number of fused-ring (bicyclic) bond motifs is 1. The van der Waals surface area contributed by atoms with Crippen LogP contribution in [0.3, 0.4) is 0 Å². The van der Waals surface area contributed by atoms with E-state index in [1.54, 1.807) is 25.3 Å². The van der Waals surface area contributed by atoms with Crippen molar-refractivity contribution in [3.8, 4) is 0 Å². The van der Waals surface area contributed by atoms with Crippen LogP contribution in [0.2, 0.25) is 0 Å². The third-order valence-electron chi connectivity index (χ3n) is 4.47. The van der Waals surface area contributed by atoms with Gasteiger partial charge in [0.2, 0.25) is 0 Å². The number of rotatable bonds is 3. The van der Waals surface area contributed by atoms with E-state index in [1.165, 1.54) is 17.4 Å². The molecule has 1 saturated heterocycles. The molecule has 3 aromatic rings. The molecule has 134 valence electrons. The standard InChI is InChI=1S/C19H18FN3O2S/c1-12-17-14(20)3-2-4-15(17)26-18(12)19(24)22-16-6-5-13(11-21-16)23-7-9-25-10-8-23/h2-6,11H,7-10H2,1H3,(H,21,22,24). The highest BCUT2D eigenvalue weighted by Crippen LogP contribution is 2.33. The molecular weight excluding hydrogens is 353 g/mol. The Morgan fingerprint density at radius 2 is 2.08 bits per heavy atom. The van der Waals surface area contributed by atoms with Gasteiger partial charge in [-0.15, -0.1) is 11.3 Å². The number of aryl methyl sites for hydroxylation is 1. The Morgan fingerprint density at radius 1 is 1.27 bits per heavy atom. The number of pyridine rings is 1. The summed E-state index contributed by atoms with van der Waals surface area (Å²) < 4.78 is 20.1. The number of nitrogens with zero attached hydrogens (tertiary/aromatic N) is 2. The molecule has 2 aromatic heterocycles.